The first-order valence-electron chi connectivity index (χ1n) is 12.0. The first kappa shape index (κ1) is 23.6. The molecule has 1 saturated heterocycles. The molecular weight excluding hydrogens is 462 g/mol. The average Bonchev–Trinajstić information content (AvgIpc) is 3.31. The van der Waals surface area contributed by atoms with Crippen LogP contribution >= 0.6 is 0 Å². The van der Waals surface area contributed by atoms with E-state index in [9.17, 15) is 14.4 Å². The quantitative estimate of drug-likeness (QED) is 0.501. The van der Waals surface area contributed by atoms with Crippen molar-refractivity contribution in [1.29, 1.82) is 0 Å². The van der Waals surface area contributed by atoms with E-state index in [1.54, 1.807) is 24.1 Å². The molecule has 11 nitrogen and oxygen atoms in total. The maximum Gasteiger partial charge on any atom is 0.322 e. The summed E-state index contributed by atoms with van der Waals surface area (Å²) in [6.45, 7) is 3.45. The first-order chi connectivity index (χ1) is 17.4. The Morgan fingerprint density at radius 3 is 2.72 bits per heavy atom. The lowest BCUT2D eigenvalue weighted by Crippen LogP contribution is -2.51. The molecule has 0 atom stereocenters. The third-order valence-electron chi connectivity index (χ3n) is 6.97. The molecule has 188 valence electrons. The number of anilines is 1. The third-order valence-corrected chi connectivity index (χ3v) is 6.97. The lowest BCUT2D eigenvalue weighted by Gasteiger charge is -2.38. The summed E-state index contributed by atoms with van der Waals surface area (Å²) in [6.07, 6.45) is 2.11. The Bertz CT molecular complexity index is 1310. The van der Waals surface area contributed by atoms with E-state index in [4.69, 9.17) is 4.74 Å². The van der Waals surface area contributed by atoms with Gasteiger partial charge in [0.15, 0.2) is 0 Å². The maximum atomic E-state index is 12.9. The number of methoxy groups -OCH3 is 1. The minimum Gasteiger partial charge on any atom is -0.497 e. The number of aromatic amines is 1. The molecule has 0 aliphatic carbocycles. The van der Waals surface area contributed by atoms with Gasteiger partial charge in [-0.3, -0.25) is 9.59 Å². The van der Waals surface area contributed by atoms with Gasteiger partial charge in [-0.15, -0.1) is 0 Å². The lowest BCUT2D eigenvalue weighted by molar-refractivity contribution is -0.131. The van der Waals surface area contributed by atoms with E-state index in [-0.39, 0.29) is 30.4 Å². The van der Waals surface area contributed by atoms with Crippen LogP contribution in [0.25, 0.3) is 11.0 Å². The number of ether oxygens (including phenoxy) is 1. The highest BCUT2D eigenvalue weighted by molar-refractivity contribution is 5.99. The number of likely N-dealkylation sites (tertiary alicyclic amines) is 1. The van der Waals surface area contributed by atoms with E-state index in [0.717, 1.165) is 29.0 Å². The van der Waals surface area contributed by atoms with Crippen LogP contribution in [-0.4, -0.2) is 82.4 Å². The van der Waals surface area contributed by atoms with Gasteiger partial charge in [0.25, 0.3) is 5.91 Å². The Balaban J connectivity index is 1.13. The Kier molecular flexibility index (Phi) is 6.45. The fourth-order valence-electron chi connectivity index (χ4n) is 4.95. The molecule has 5 rings (SSSR count). The van der Waals surface area contributed by atoms with Gasteiger partial charge in [-0.1, -0.05) is 0 Å². The fraction of sp³-hybridized carbons (Fsp3) is 0.400. The Morgan fingerprint density at radius 2 is 1.94 bits per heavy atom. The molecule has 2 aliphatic rings. The van der Waals surface area contributed by atoms with E-state index >= 15 is 0 Å². The summed E-state index contributed by atoms with van der Waals surface area (Å²) in [4.78, 5) is 41.9. The van der Waals surface area contributed by atoms with Gasteiger partial charge >= 0.3 is 6.03 Å². The highest BCUT2D eigenvalue weighted by Crippen LogP contribution is 2.27. The summed E-state index contributed by atoms with van der Waals surface area (Å²) in [6, 6.07) is 8.99. The van der Waals surface area contributed by atoms with Gasteiger partial charge in [0.05, 0.1) is 13.7 Å². The van der Waals surface area contributed by atoms with Crippen molar-refractivity contribution in [2.45, 2.75) is 32.2 Å². The largest absolute Gasteiger partial charge is 0.497 e. The summed E-state index contributed by atoms with van der Waals surface area (Å²) in [7, 11) is 1.63. The van der Waals surface area contributed by atoms with Crippen LogP contribution < -0.4 is 15.4 Å². The minimum absolute atomic E-state index is 0.0528. The van der Waals surface area contributed by atoms with Crippen molar-refractivity contribution in [1.82, 2.24) is 30.5 Å². The Labute approximate surface area is 208 Å². The van der Waals surface area contributed by atoms with Crippen LogP contribution in [0.3, 0.4) is 0 Å². The number of nitrogens with one attached hydrogen (secondary N) is 3. The number of piperidine rings is 1. The highest BCUT2D eigenvalue weighted by atomic mass is 16.5. The van der Waals surface area contributed by atoms with E-state index in [2.05, 4.69) is 26.0 Å². The topological polar surface area (TPSA) is 133 Å². The zero-order chi connectivity index (χ0) is 25.2. The Hall–Kier alpha value is -4.15. The molecule has 0 radical (unpaired) electrons. The number of H-pyrrole nitrogens is 1. The van der Waals surface area contributed by atoms with Crippen molar-refractivity contribution in [2.24, 2.45) is 0 Å². The predicted octanol–water partition coefficient (Wildman–Crippen LogP) is 2.09. The number of rotatable bonds is 5. The highest BCUT2D eigenvalue weighted by Gasteiger charge is 2.31. The monoisotopic (exact) mass is 491 g/mol. The lowest BCUT2D eigenvalue weighted by atomic mass is 10.0. The van der Waals surface area contributed by atoms with Gasteiger partial charge < -0.3 is 25.2 Å². The van der Waals surface area contributed by atoms with Crippen LogP contribution in [0.4, 0.5) is 10.5 Å². The fourth-order valence-corrected chi connectivity index (χ4v) is 4.95. The number of carbonyl (C=O) groups excluding carboxylic acids is 3. The second-order valence-electron chi connectivity index (χ2n) is 9.18. The van der Waals surface area contributed by atoms with Crippen molar-refractivity contribution in [2.75, 3.05) is 38.6 Å². The molecule has 2 aliphatic heterocycles. The molecule has 0 saturated carbocycles. The number of aryl methyl sites for hydroxylation is 1. The molecular formula is C25H29N7O4. The second kappa shape index (κ2) is 9.84. The van der Waals surface area contributed by atoms with Gasteiger partial charge in [-0.25, -0.2) is 4.79 Å². The molecule has 11 heteroatoms. The molecule has 0 spiro atoms. The summed E-state index contributed by atoms with van der Waals surface area (Å²) >= 11 is 0. The number of fused-ring (bicyclic) bond motifs is 2. The van der Waals surface area contributed by atoms with E-state index in [1.807, 2.05) is 30.0 Å². The Morgan fingerprint density at radius 1 is 1.14 bits per heavy atom. The molecule has 3 N–H and O–H groups in total. The third kappa shape index (κ3) is 4.68. The van der Waals surface area contributed by atoms with Crippen molar-refractivity contribution < 1.29 is 19.1 Å². The second-order valence-corrected chi connectivity index (χ2v) is 9.18. The van der Waals surface area contributed by atoms with E-state index in [0.29, 0.717) is 49.1 Å². The number of nitrogens with zero attached hydrogens (tertiary/aromatic N) is 4. The molecule has 1 fully saturated rings. The van der Waals surface area contributed by atoms with Gasteiger partial charge in [0.2, 0.25) is 5.91 Å². The molecule has 4 amide bonds. The van der Waals surface area contributed by atoms with E-state index < -0.39 is 0 Å². The number of aromatic nitrogens is 3. The molecule has 36 heavy (non-hydrogen) atoms. The molecule has 3 aromatic rings. The van der Waals surface area contributed by atoms with Crippen LogP contribution in [0, 0.1) is 6.92 Å². The van der Waals surface area contributed by atoms with Crippen LogP contribution in [0.1, 0.15) is 34.3 Å². The zero-order valence-electron chi connectivity index (χ0n) is 20.3. The average molecular weight is 492 g/mol. The standard InChI is InChI=1S/C25H29N7O4/c1-15-11-17(13-21-23(15)29-30-28-21)24(34)26-14-22(33)31-8-6-18(7-9-31)32-10-5-16-12-19(36-2)3-4-20(16)27-25(32)35/h3-4,11-13,18H,5-10,14H2,1-2H3,(H,26,34)(H,27,35)(H,28,29,30). The smallest absolute Gasteiger partial charge is 0.322 e. The SMILES string of the molecule is COc1ccc2c(c1)CCN(C1CCN(C(=O)CNC(=O)c3cc(C)c4n[nH]nc4c3)CC1)C(=O)N2. The van der Waals surface area contributed by atoms with Crippen LogP contribution in [0.2, 0.25) is 0 Å². The normalized spacial score (nSPS) is 16.3. The minimum atomic E-state index is -0.330. The molecule has 2 aromatic carbocycles. The maximum absolute atomic E-state index is 12.9. The number of benzene rings is 2. The molecule has 3 heterocycles. The summed E-state index contributed by atoms with van der Waals surface area (Å²) in [5.74, 6) is 0.300. The van der Waals surface area contributed by atoms with Crippen LogP contribution in [-0.2, 0) is 11.2 Å². The van der Waals surface area contributed by atoms with Crippen molar-refractivity contribution in [3.05, 3.63) is 47.0 Å². The van der Waals surface area contributed by atoms with Gasteiger partial charge in [0, 0.05) is 36.9 Å². The molecule has 0 unspecified atom stereocenters. The van der Waals surface area contributed by atoms with Crippen LogP contribution in [0.5, 0.6) is 5.75 Å². The summed E-state index contributed by atoms with van der Waals surface area (Å²) in [5, 5.41) is 16.4. The van der Waals surface area contributed by atoms with Gasteiger partial charge in [-0.05, 0) is 67.6 Å². The molecule has 0 bridgehead atoms. The van der Waals surface area contributed by atoms with Gasteiger partial charge in [-0.2, -0.15) is 15.4 Å². The number of amides is 4. The first-order valence-corrected chi connectivity index (χ1v) is 12.0. The predicted molar refractivity (Wildman–Crippen MR) is 133 cm³/mol. The number of carbonyl (C=O) groups is 3. The van der Waals surface area contributed by atoms with Crippen LogP contribution in [0.15, 0.2) is 30.3 Å². The van der Waals surface area contributed by atoms with Crippen molar-refractivity contribution in [3.63, 3.8) is 0 Å². The number of urea groups is 1. The molecule has 1 aromatic heterocycles. The summed E-state index contributed by atoms with van der Waals surface area (Å²) < 4.78 is 5.31. The van der Waals surface area contributed by atoms with E-state index in [1.165, 1.54) is 0 Å². The summed E-state index contributed by atoms with van der Waals surface area (Å²) in [5.41, 5.74) is 4.45. The zero-order valence-corrected chi connectivity index (χ0v) is 20.3. The number of hydrogen-bond acceptors (Lipinski definition) is 6. The van der Waals surface area contributed by atoms with Crippen molar-refractivity contribution in [3.8, 4) is 5.75 Å². The number of hydrogen-bond donors (Lipinski definition) is 3. The van der Waals surface area contributed by atoms with Gasteiger partial charge in [0.1, 0.15) is 16.8 Å². The van der Waals surface area contributed by atoms with Crippen molar-refractivity contribution >= 4 is 34.6 Å².